The van der Waals surface area contributed by atoms with E-state index in [0.29, 0.717) is 11.3 Å². The molecule has 1 unspecified atom stereocenters. The highest BCUT2D eigenvalue weighted by Gasteiger charge is 2.21. The van der Waals surface area contributed by atoms with Crippen LogP contribution < -0.4 is 5.32 Å². The molecular weight excluding hydrogens is 332 g/mol. The first-order valence-corrected chi connectivity index (χ1v) is 8.37. The number of carbonyl (C=O) groups excluding carboxylic acids is 1. The second-order valence-electron chi connectivity index (χ2n) is 5.01. The first kappa shape index (κ1) is 18.0. The zero-order chi connectivity index (χ0) is 17.5. The molecule has 0 radical (unpaired) electrons. The van der Waals surface area contributed by atoms with Crippen LogP contribution in [0.2, 0.25) is 0 Å². The largest absolute Gasteiger partial charge is 0.481 e. The van der Waals surface area contributed by atoms with Gasteiger partial charge in [-0.3, -0.25) is 9.59 Å². The average Bonchev–Trinajstić information content (AvgIpc) is 3.03. The Hall–Kier alpha value is -2.32. The van der Waals surface area contributed by atoms with E-state index in [1.807, 2.05) is 18.4 Å². The molecule has 2 aromatic rings. The molecule has 0 aliphatic carbocycles. The lowest BCUT2D eigenvalue weighted by Crippen LogP contribution is -2.30. The number of amides is 1. The monoisotopic (exact) mass is 350 g/mol. The first-order valence-electron chi connectivity index (χ1n) is 7.14. The van der Waals surface area contributed by atoms with Gasteiger partial charge >= 0.3 is 5.97 Å². The quantitative estimate of drug-likeness (QED) is 0.705. The Morgan fingerprint density at radius 3 is 2.67 bits per heavy atom. The van der Waals surface area contributed by atoms with Crippen molar-refractivity contribution in [3.05, 3.63) is 47.3 Å². The molecule has 1 aromatic heterocycles. The van der Waals surface area contributed by atoms with Crippen molar-refractivity contribution in [2.75, 3.05) is 13.4 Å². The Morgan fingerprint density at radius 2 is 2.08 bits per heavy atom. The maximum Gasteiger partial charge on any atom is 0.305 e. The normalized spacial score (nSPS) is 11.9. The smallest absolute Gasteiger partial charge is 0.305 e. The molecule has 0 aliphatic rings. The van der Waals surface area contributed by atoms with Crippen molar-refractivity contribution in [3.63, 3.8) is 0 Å². The Labute approximate surface area is 143 Å². The molecule has 2 N–H and O–H groups in total. The number of ether oxygens (including phenoxy) is 1. The predicted octanol–water partition coefficient (Wildman–Crippen LogP) is 2.49. The molecule has 0 fully saturated rings. The van der Waals surface area contributed by atoms with Crippen LogP contribution in [0.1, 0.15) is 34.3 Å². The third-order valence-electron chi connectivity index (χ3n) is 3.28. The van der Waals surface area contributed by atoms with Crippen LogP contribution in [0.5, 0.6) is 0 Å². The fraction of sp³-hybridized carbons (Fsp3) is 0.312. The zero-order valence-electron chi connectivity index (χ0n) is 13.3. The van der Waals surface area contributed by atoms with Crippen LogP contribution >= 0.6 is 11.8 Å². The Kier molecular flexibility index (Phi) is 6.39. The van der Waals surface area contributed by atoms with Crippen LogP contribution in [0.3, 0.4) is 0 Å². The summed E-state index contributed by atoms with van der Waals surface area (Å²) in [6.07, 6.45) is 1.72. The third-order valence-corrected chi connectivity index (χ3v) is 4.02. The van der Waals surface area contributed by atoms with Gasteiger partial charge in [0.2, 0.25) is 0 Å². The molecule has 0 saturated heterocycles. The minimum Gasteiger partial charge on any atom is -0.481 e. The number of carbonyl (C=O) groups is 2. The number of hydrogen-bond donors (Lipinski definition) is 2. The van der Waals surface area contributed by atoms with Gasteiger partial charge in [0.05, 0.1) is 12.5 Å². The summed E-state index contributed by atoms with van der Waals surface area (Å²) in [4.78, 5) is 24.4. The number of aliphatic carboxylic acids is 1. The minimum absolute atomic E-state index is 0.0816. The van der Waals surface area contributed by atoms with Crippen LogP contribution in [0.4, 0.5) is 0 Å². The maximum absolute atomic E-state index is 12.3. The molecule has 24 heavy (non-hydrogen) atoms. The average molecular weight is 350 g/mol. The first-order chi connectivity index (χ1) is 11.5. The molecule has 128 valence electrons. The summed E-state index contributed by atoms with van der Waals surface area (Å²) in [6, 6.07) is 8.18. The van der Waals surface area contributed by atoms with E-state index < -0.39 is 17.9 Å². The van der Waals surface area contributed by atoms with E-state index in [4.69, 9.17) is 14.4 Å². The molecule has 1 atom stereocenters. The van der Waals surface area contributed by atoms with E-state index in [0.717, 1.165) is 4.90 Å². The summed E-state index contributed by atoms with van der Waals surface area (Å²) in [6.45, 7) is 0.203. The van der Waals surface area contributed by atoms with E-state index in [-0.39, 0.29) is 18.7 Å². The Balaban J connectivity index is 2.14. The van der Waals surface area contributed by atoms with E-state index in [1.165, 1.54) is 13.2 Å². The topological polar surface area (TPSA) is 102 Å². The number of methoxy groups -OCH3 is 1. The molecule has 1 heterocycles. The van der Waals surface area contributed by atoms with Crippen molar-refractivity contribution >= 4 is 23.6 Å². The highest BCUT2D eigenvalue weighted by Crippen LogP contribution is 2.22. The van der Waals surface area contributed by atoms with Crippen LogP contribution in [0.25, 0.3) is 0 Å². The molecule has 0 aliphatic heterocycles. The van der Waals surface area contributed by atoms with E-state index >= 15 is 0 Å². The molecule has 7 nitrogen and oxygen atoms in total. The Morgan fingerprint density at radius 1 is 1.38 bits per heavy atom. The molecular formula is C16H18N2O5S. The number of thioether (sulfide) groups is 1. The van der Waals surface area contributed by atoms with Crippen molar-refractivity contribution in [3.8, 4) is 0 Å². The minimum atomic E-state index is -1.01. The highest BCUT2D eigenvalue weighted by atomic mass is 32.2. The van der Waals surface area contributed by atoms with Crippen molar-refractivity contribution < 1.29 is 24.0 Å². The summed E-state index contributed by atoms with van der Waals surface area (Å²) in [7, 11) is 1.50. The fourth-order valence-corrected chi connectivity index (χ4v) is 2.53. The number of aromatic nitrogens is 1. The van der Waals surface area contributed by atoms with Crippen LogP contribution in [-0.2, 0) is 16.1 Å². The number of benzene rings is 1. The second kappa shape index (κ2) is 8.51. The van der Waals surface area contributed by atoms with Crippen molar-refractivity contribution in [1.29, 1.82) is 0 Å². The van der Waals surface area contributed by atoms with Crippen LogP contribution in [0.15, 0.2) is 39.8 Å². The molecule has 0 bridgehead atoms. The van der Waals surface area contributed by atoms with Crippen LogP contribution in [0, 0.1) is 0 Å². The zero-order valence-corrected chi connectivity index (χ0v) is 14.1. The molecule has 8 heteroatoms. The van der Waals surface area contributed by atoms with E-state index in [9.17, 15) is 9.59 Å². The number of hydrogen-bond acceptors (Lipinski definition) is 6. The second-order valence-corrected chi connectivity index (χ2v) is 5.89. The molecule has 1 aromatic carbocycles. The van der Waals surface area contributed by atoms with Gasteiger partial charge in [-0.2, -0.15) is 0 Å². The van der Waals surface area contributed by atoms with Gasteiger partial charge < -0.3 is 19.7 Å². The number of nitrogens with one attached hydrogen (secondary N) is 1. The van der Waals surface area contributed by atoms with Gasteiger partial charge in [-0.15, -0.1) is 11.8 Å². The predicted molar refractivity (Wildman–Crippen MR) is 87.9 cm³/mol. The van der Waals surface area contributed by atoms with Gasteiger partial charge in [0, 0.05) is 18.1 Å². The summed E-state index contributed by atoms with van der Waals surface area (Å²) in [5.41, 5.74) is 0.794. The lowest BCUT2D eigenvalue weighted by Gasteiger charge is -2.17. The number of carboxylic acid groups (broad SMARTS) is 1. The van der Waals surface area contributed by atoms with Gasteiger partial charge in [0.1, 0.15) is 6.61 Å². The molecule has 0 spiro atoms. The lowest BCUT2D eigenvalue weighted by molar-refractivity contribution is -0.137. The van der Waals surface area contributed by atoms with Crippen molar-refractivity contribution in [2.45, 2.75) is 24.0 Å². The molecule has 0 saturated carbocycles. The van der Waals surface area contributed by atoms with Crippen LogP contribution in [-0.4, -0.2) is 35.5 Å². The third kappa shape index (κ3) is 4.84. The van der Waals surface area contributed by atoms with Gasteiger partial charge in [-0.25, -0.2) is 0 Å². The van der Waals surface area contributed by atoms with Crippen molar-refractivity contribution in [1.82, 2.24) is 10.5 Å². The van der Waals surface area contributed by atoms with E-state index in [2.05, 4.69) is 10.5 Å². The van der Waals surface area contributed by atoms with Gasteiger partial charge in [-0.1, -0.05) is 17.3 Å². The number of nitrogens with zero attached hydrogens (tertiary/aromatic N) is 1. The molecule has 1 amide bonds. The number of rotatable bonds is 8. The van der Waals surface area contributed by atoms with Gasteiger partial charge in [-0.05, 0) is 24.0 Å². The van der Waals surface area contributed by atoms with Gasteiger partial charge in [0.25, 0.3) is 5.91 Å². The SMILES string of the molecule is COCc1cc(C(=O)NC(CC(=O)O)c2ccc(SC)cc2)no1. The van der Waals surface area contributed by atoms with Crippen molar-refractivity contribution in [2.24, 2.45) is 0 Å². The number of carboxylic acids is 1. The standard InChI is InChI=1S/C16H18N2O5S/c1-22-9-11-7-14(18-23-11)16(21)17-13(8-15(19)20)10-3-5-12(24-2)6-4-10/h3-7,13H,8-9H2,1-2H3,(H,17,21)(H,19,20). The summed E-state index contributed by atoms with van der Waals surface area (Å²) >= 11 is 1.58. The fourth-order valence-electron chi connectivity index (χ4n) is 2.13. The van der Waals surface area contributed by atoms with Gasteiger partial charge in [0.15, 0.2) is 11.5 Å². The maximum atomic E-state index is 12.3. The Bertz CT molecular complexity index is 699. The summed E-state index contributed by atoms with van der Waals surface area (Å²) < 4.78 is 9.87. The lowest BCUT2D eigenvalue weighted by atomic mass is 10.0. The summed E-state index contributed by atoms with van der Waals surface area (Å²) in [5, 5.41) is 15.5. The molecule has 2 rings (SSSR count). The van der Waals surface area contributed by atoms with E-state index in [1.54, 1.807) is 23.9 Å². The highest BCUT2D eigenvalue weighted by molar-refractivity contribution is 7.98. The summed E-state index contributed by atoms with van der Waals surface area (Å²) in [5.74, 6) is -1.09.